The van der Waals surface area contributed by atoms with Gasteiger partial charge in [-0.2, -0.15) is 0 Å². The number of rotatable bonds is 6. The number of carbonyl (C=O) groups is 3. The first-order valence-electron chi connectivity index (χ1n) is 7.77. The molecule has 0 atom stereocenters. The van der Waals surface area contributed by atoms with Crippen LogP contribution in [0.4, 0.5) is 0 Å². The number of nitrogens with zero attached hydrogens (tertiary/aromatic N) is 1. The maximum absolute atomic E-state index is 12.1. The van der Waals surface area contributed by atoms with Crippen molar-refractivity contribution in [2.24, 2.45) is 5.92 Å². The van der Waals surface area contributed by atoms with Gasteiger partial charge in [0.2, 0.25) is 0 Å². The summed E-state index contributed by atoms with van der Waals surface area (Å²) in [4.78, 5) is 38.9. The fourth-order valence-corrected chi connectivity index (χ4v) is 2.83. The minimum Gasteiger partial charge on any atom is -0.466 e. The fourth-order valence-electron chi connectivity index (χ4n) is 2.83. The molecule has 0 spiro atoms. The van der Waals surface area contributed by atoms with E-state index in [9.17, 15) is 14.4 Å². The van der Waals surface area contributed by atoms with Crippen LogP contribution in [0.3, 0.4) is 0 Å². The van der Waals surface area contributed by atoms with Crippen molar-refractivity contribution in [2.75, 3.05) is 13.7 Å². The van der Waals surface area contributed by atoms with Crippen molar-refractivity contribution in [3.8, 4) is 0 Å². The highest BCUT2D eigenvalue weighted by Crippen LogP contribution is 2.36. The van der Waals surface area contributed by atoms with Crippen molar-refractivity contribution in [1.82, 2.24) is 4.98 Å². The summed E-state index contributed by atoms with van der Waals surface area (Å²) in [6.07, 6.45) is 3.96. The van der Waals surface area contributed by atoms with Crippen LogP contribution in [-0.2, 0) is 19.1 Å². The van der Waals surface area contributed by atoms with Crippen LogP contribution in [0.25, 0.3) is 0 Å². The fraction of sp³-hybridized carbons (Fsp3) is 0.625. The van der Waals surface area contributed by atoms with Crippen LogP contribution >= 0.6 is 0 Å². The minimum absolute atomic E-state index is 0.0652. The van der Waals surface area contributed by atoms with Crippen molar-refractivity contribution in [3.63, 3.8) is 0 Å². The average molecular weight is 323 g/mol. The first-order valence-corrected chi connectivity index (χ1v) is 7.77. The number of hydrogen-bond donors (Lipinski definition) is 0. The molecule has 1 aliphatic rings. The standard InChI is InChI=1S/C16H21NO6/c1-3-22-14(19)8-13(18)10-4-6-11(7-5-10)15-17-12(9-23-15)16(20)21-2/h9-11H,3-8H2,1-2H3. The Labute approximate surface area is 134 Å². The lowest BCUT2D eigenvalue weighted by molar-refractivity contribution is -0.146. The zero-order valence-corrected chi connectivity index (χ0v) is 13.4. The molecule has 0 amide bonds. The van der Waals surface area contributed by atoms with Crippen molar-refractivity contribution in [2.45, 2.75) is 44.9 Å². The summed E-state index contributed by atoms with van der Waals surface area (Å²) in [7, 11) is 1.29. The highest BCUT2D eigenvalue weighted by molar-refractivity contribution is 5.96. The maximum atomic E-state index is 12.1. The molecule has 0 aromatic carbocycles. The third-order valence-corrected chi connectivity index (χ3v) is 4.07. The molecular formula is C16H21NO6. The lowest BCUT2D eigenvalue weighted by Gasteiger charge is -2.25. The zero-order valence-electron chi connectivity index (χ0n) is 13.4. The van der Waals surface area contributed by atoms with E-state index in [2.05, 4.69) is 9.72 Å². The summed E-state index contributed by atoms with van der Waals surface area (Å²) in [5, 5.41) is 0. The van der Waals surface area contributed by atoms with Crippen LogP contribution in [0.15, 0.2) is 10.7 Å². The number of oxazole rings is 1. The summed E-state index contributed by atoms with van der Waals surface area (Å²) in [5.41, 5.74) is 0.156. The molecule has 0 saturated heterocycles. The predicted molar refractivity (Wildman–Crippen MR) is 78.8 cm³/mol. The summed E-state index contributed by atoms with van der Waals surface area (Å²) in [5.74, 6) is -0.592. The Morgan fingerprint density at radius 2 is 1.96 bits per heavy atom. The topological polar surface area (TPSA) is 95.7 Å². The van der Waals surface area contributed by atoms with Gasteiger partial charge in [-0.3, -0.25) is 9.59 Å². The molecule has 0 N–H and O–H groups in total. The Morgan fingerprint density at radius 1 is 1.26 bits per heavy atom. The van der Waals surface area contributed by atoms with Gasteiger partial charge >= 0.3 is 11.9 Å². The van der Waals surface area contributed by atoms with E-state index in [0.717, 1.165) is 12.8 Å². The van der Waals surface area contributed by atoms with Gasteiger partial charge in [0.15, 0.2) is 11.6 Å². The van der Waals surface area contributed by atoms with Crippen LogP contribution in [0.1, 0.15) is 61.3 Å². The average Bonchev–Trinajstić information content (AvgIpc) is 3.04. The molecule has 0 aliphatic heterocycles. The largest absolute Gasteiger partial charge is 0.466 e. The summed E-state index contributed by atoms with van der Waals surface area (Å²) >= 11 is 0. The molecule has 7 heteroatoms. The Balaban J connectivity index is 1.86. The molecule has 1 aromatic heterocycles. The number of hydrogen-bond acceptors (Lipinski definition) is 7. The van der Waals surface area contributed by atoms with E-state index in [1.807, 2.05) is 0 Å². The van der Waals surface area contributed by atoms with E-state index in [1.165, 1.54) is 13.4 Å². The Morgan fingerprint density at radius 3 is 2.57 bits per heavy atom. The van der Waals surface area contributed by atoms with Gasteiger partial charge in [0, 0.05) is 11.8 Å². The van der Waals surface area contributed by atoms with Gasteiger partial charge in [-0.1, -0.05) is 0 Å². The minimum atomic E-state index is -0.529. The zero-order chi connectivity index (χ0) is 16.8. The van der Waals surface area contributed by atoms with Crippen molar-refractivity contribution in [1.29, 1.82) is 0 Å². The number of Topliss-reactive ketones (excluding diaryl/α,β-unsaturated/α-hetero) is 1. The third kappa shape index (κ3) is 4.40. The van der Waals surface area contributed by atoms with Gasteiger partial charge < -0.3 is 13.9 Å². The first kappa shape index (κ1) is 17.2. The van der Waals surface area contributed by atoms with Gasteiger partial charge in [0.05, 0.1) is 13.7 Å². The van der Waals surface area contributed by atoms with E-state index in [0.29, 0.717) is 18.7 Å². The predicted octanol–water partition coefficient (Wildman–Crippen LogP) is 2.26. The van der Waals surface area contributed by atoms with Crippen molar-refractivity contribution >= 4 is 17.7 Å². The van der Waals surface area contributed by atoms with E-state index >= 15 is 0 Å². The molecule has 1 aromatic rings. The van der Waals surface area contributed by atoms with Crippen LogP contribution < -0.4 is 0 Å². The number of esters is 2. The highest BCUT2D eigenvalue weighted by Gasteiger charge is 2.30. The van der Waals surface area contributed by atoms with Crippen molar-refractivity contribution < 1.29 is 28.3 Å². The smallest absolute Gasteiger partial charge is 0.360 e. The SMILES string of the molecule is CCOC(=O)CC(=O)C1CCC(c2nc(C(=O)OC)co2)CC1. The number of ether oxygens (including phenoxy) is 2. The number of ketones is 1. The van der Waals surface area contributed by atoms with Gasteiger partial charge in [0.1, 0.15) is 18.5 Å². The second kappa shape index (κ2) is 7.89. The van der Waals surface area contributed by atoms with Crippen LogP contribution in [-0.4, -0.2) is 36.4 Å². The van der Waals surface area contributed by atoms with Gasteiger partial charge in [-0.25, -0.2) is 9.78 Å². The molecule has 0 unspecified atom stereocenters. The second-order valence-corrected chi connectivity index (χ2v) is 5.56. The van der Waals surface area contributed by atoms with E-state index in [-0.39, 0.29) is 36.3 Å². The molecule has 1 fully saturated rings. The van der Waals surface area contributed by atoms with Crippen LogP contribution in [0.5, 0.6) is 0 Å². The van der Waals surface area contributed by atoms with Crippen LogP contribution in [0.2, 0.25) is 0 Å². The lowest BCUT2D eigenvalue weighted by atomic mass is 9.79. The normalized spacial score (nSPS) is 20.8. The summed E-state index contributed by atoms with van der Waals surface area (Å²) in [6, 6.07) is 0. The first-order chi connectivity index (χ1) is 11.0. The van der Waals surface area contributed by atoms with E-state index in [4.69, 9.17) is 9.15 Å². The molecule has 0 radical (unpaired) electrons. The molecule has 23 heavy (non-hydrogen) atoms. The monoisotopic (exact) mass is 323 g/mol. The Kier molecular flexibility index (Phi) is 5.90. The lowest BCUT2D eigenvalue weighted by Crippen LogP contribution is -2.24. The maximum Gasteiger partial charge on any atom is 0.360 e. The Hall–Kier alpha value is -2.18. The highest BCUT2D eigenvalue weighted by atomic mass is 16.5. The third-order valence-electron chi connectivity index (χ3n) is 4.07. The summed E-state index contributed by atoms with van der Waals surface area (Å²) < 4.78 is 14.7. The van der Waals surface area contributed by atoms with Gasteiger partial charge in [-0.05, 0) is 32.6 Å². The Bertz CT molecular complexity index is 571. The number of aromatic nitrogens is 1. The molecule has 2 rings (SSSR count). The quantitative estimate of drug-likeness (QED) is 0.585. The van der Waals surface area contributed by atoms with Gasteiger partial charge in [0.25, 0.3) is 0 Å². The number of carbonyl (C=O) groups excluding carboxylic acids is 3. The molecule has 1 aliphatic carbocycles. The van der Waals surface area contributed by atoms with Crippen molar-refractivity contribution in [3.05, 3.63) is 17.8 Å². The molecule has 0 bridgehead atoms. The molecule has 126 valence electrons. The molecule has 7 nitrogen and oxygen atoms in total. The van der Waals surface area contributed by atoms with Gasteiger partial charge in [-0.15, -0.1) is 0 Å². The summed E-state index contributed by atoms with van der Waals surface area (Å²) in [6.45, 7) is 2.00. The molecular weight excluding hydrogens is 302 g/mol. The number of methoxy groups -OCH3 is 1. The van der Waals surface area contributed by atoms with E-state index in [1.54, 1.807) is 6.92 Å². The second-order valence-electron chi connectivity index (χ2n) is 5.56. The molecule has 1 saturated carbocycles. The van der Waals surface area contributed by atoms with Crippen LogP contribution in [0, 0.1) is 5.92 Å². The molecule has 1 heterocycles. The van der Waals surface area contributed by atoms with E-state index < -0.39 is 11.9 Å².